The van der Waals surface area contributed by atoms with Gasteiger partial charge in [0.15, 0.2) is 5.96 Å². The quantitative estimate of drug-likeness (QED) is 0.135. The minimum absolute atomic E-state index is 0.0774. The zero-order valence-corrected chi connectivity index (χ0v) is 26.9. The van der Waals surface area contributed by atoms with Crippen LogP contribution in [0.1, 0.15) is 0 Å². The molecule has 2 heterocycles. The molecule has 244 valence electrons. The lowest BCUT2D eigenvalue weighted by Gasteiger charge is -2.28. The van der Waals surface area contributed by atoms with Crippen LogP contribution in [0.4, 0.5) is 21.0 Å². The summed E-state index contributed by atoms with van der Waals surface area (Å²) in [5.74, 6) is 0.265. The third-order valence-electron chi connectivity index (χ3n) is 6.98. The molecule has 2 aliphatic rings. The third kappa shape index (κ3) is 7.16. The fourth-order valence-electron chi connectivity index (χ4n) is 4.76. The SMILES string of the molecule is NC(N)=NC(=O)N1CCOc2cc(S(=O)(=O)c3ccccc3)ccc21.O=C(Cl)N1CCOc2cc(S(=O)(=O)c3ccccc3)ccc21. The number of nitrogens with zero attached hydrogens (tertiary/aromatic N) is 3. The first-order valence-electron chi connectivity index (χ1n) is 13.9. The van der Waals surface area contributed by atoms with Gasteiger partial charge in [0.1, 0.15) is 24.7 Å². The van der Waals surface area contributed by atoms with Crippen molar-refractivity contribution in [2.45, 2.75) is 19.6 Å². The van der Waals surface area contributed by atoms with Crippen LogP contribution < -0.4 is 30.7 Å². The highest BCUT2D eigenvalue weighted by atomic mass is 35.5. The van der Waals surface area contributed by atoms with E-state index in [4.69, 9.17) is 32.5 Å². The first kappa shape index (κ1) is 33.2. The first-order valence-corrected chi connectivity index (χ1v) is 17.3. The lowest BCUT2D eigenvalue weighted by molar-refractivity contribution is 0.247. The number of amides is 3. The Balaban J connectivity index is 0.000000186. The largest absolute Gasteiger partial charge is 0.489 e. The Bertz CT molecular complexity index is 2060. The van der Waals surface area contributed by atoms with Gasteiger partial charge < -0.3 is 20.9 Å². The van der Waals surface area contributed by atoms with Gasteiger partial charge in [0, 0.05) is 12.1 Å². The molecule has 16 heteroatoms. The lowest BCUT2D eigenvalue weighted by atomic mass is 10.2. The van der Waals surface area contributed by atoms with Gasteiger partial charge in [-0.2, -0.15) is 4.99 Å². The lowest BCUT2D eigenvalue weighted by Crippen LogP contribution is -2.38. The second-order valence-electron chi connectivity index (χ2n) is 9.96. The highest BCUT2D eigenvalue weighted by Gasteiger charge is 2.28. The van der Waals surface area contributed by atoms with E-state index in [9.17, 15) is 26.4 Å². The summed E-state index contributed by atoms with van der Waals surface area (Å²) >= 11 is 5.52. The molecule has 0 fully saturated rings. The van der Waals surface area contributed by atoms with Gasteiger partial charge in [-0.25, -0.2) is 21.6 Å². The average molecular weight is 698 g/mol. The van der Waals surface area contributed by atoms with Gasteiger partial charge in [0.05, 0.1) is 44.0 Å². The monoisotopic (exact) mass is 697 g/mol. The van der Waals surface area contributed by atoms with Crippen LogP contribution in [0.15, 0.2) is 122 Å². The van der Waals surface area contributed by atoms with Crippen LogP contribution in [0.5, 0.6) is 11.5 Å². The maximum Gasteiger partial charge on any atom is 0.351 e. The number of carbonyl (C=O) groups is 2. The van der Waals surface area contributed by atoms with Gasteiger partial charge in [0.2, 0.25) is 19.7 Å². The number of ether oxygens (including phenoxy) is 2. The van der Waals surface area contributed by atoms with Crippen molar-refractivity contribution in [1.82, 2.24) is 0 Å². The number of halogens is 1. The number of aliphatic imine (C=N–C) groups is 1. The van der Waals surface area contributed by atoms with E-state index in [1.807, 2.05) is 0 Å². The second-order valence-corrected chi connectivity index (χ2v) is 14.2. The number of rotatable bonds is 4. The van der Waals surface area contributed by atoms with Crippen molar-refractivity contribution < 1.29 is 35.9 Å². The summed E-state index contributed by atoms with van der Waals surface area (Å²) in [6.45, 7) is 1.06. The molecule has 6 rings (SSSR count). The van der Waals surface area contributed by atoms with Gasteiger partial charge >= 0.3 is 11.4 Å². The number of sulfone groups is 2. The molecular weight excluding hydrogens is 670 g/mol. The zero-order chi connectivity index (χ0) is 33.8. The van der Waals surface area contributed by atoms with Crippen molar-refractivity contribution in [1.29, 1.82) is 0 Å². The van der Waals surface area contributed by atoms with Gasteiger partial charge in [-0.05, 0) is 60.1 Å². The number of urea groups is 1. The number of fused-ring (bicyclic) bond motifs is 2. The van der Waals surface area contributed by atoms with Crippen LogP contribution in [0.3, 0.4) is 0 Å². The molecule has 47 heavy (non-hydrogen) atoms. The average Bonchev–Trinajstić information content (AvgIpc) is 3.07. The molecule has 0 bridgehead atoms. The fraction of sp³-hybridized carbons (Fsp3) is 0.129. The van der Waals surface area contributed by atoms with Crippen molar-refractivity contribution in [3.05, 3.63) is 97.1 Å². The van der Waals surface area contributed by atoms with E-state index >= 15 is 0 Å². The van der Waals surface area contributed by atoms with E-state index in [-0.39, 0.29) is 51.0 Å². The highest BCUT2D eigenvalue weighted by Crippen LogP contribution is 2.37. The molecule has 0 aromatic heterocycles. The van der Waals surface area contributed by atoms with Crippen LogP contribution in [0.25, 0.3) is 0 Å². The summed E-state index contributed by atoms with van der Waals surface area (Å²) in [4.78, 5) is 30.2. The third-order valence-corrected chi connectivity index (χ3v) is 10.7. The van der Waals surface area contributed by atoms with E-state index in [2.05, 4.69) is 4.99 Å². The minimum Gasteiger partial charge on any atom is -0.489 e. The Morgan fingerprint density at radius 3 is 1.49 bits per heavy atom. The Morgan fingerprint density at radius 1 is 0.638 bits per heavy atom. The smallest absolute Gasteiger partial charge is 0.351 e. The zero-order valence-electron chi connectivity index (χ0n) is 24.5. The molecule has 0 radical (unpaired) electrons. The molecule has 4 aromatic carbocycles. The van der Waals surface area contributed by atoms with Crippen LogP contribution in [0, 0.1) is 0 Å². The number of benzene rings is 4. The van der Waals surface area contributed by atoms with Gasteiger partial charge in [-0.3, -0.25) is 14.6 Å². The van der Waals surface area contributed by atoms with Crippen LogP contribution in [-0.4, -0.2) is 60.5 Å². The van der Waals surface area contributed by atoms with Crippen molar-refractivity contribution in [2.24, 2.45) is 16.5 Å². The topological polar surface area (TPSA) is 192 Å². The molecule has 13 nitrogen and oxygen atoms in total. The molecule has 0 saturated carbocycles. The van der Waals surface area contributed by atoms with Gasteiger partial charge in [0.25, 0.3) is 0 Å². The second kappa shape index (κ2) is 13.7. The van der Waals surface area contributed by atoms with E-state index in [0.717, 1.165) is 0 Å². The van der Waals surface area contributed by atoms with Crippen LogP contribution in [-0.2, 0) is 19.7 Å². The maximum atomic E-state index is 12.7. The van der Waals surface area contributed by atoms with Gasteiger partial charge in [-0.15, -0.1) is 0 Å². The Kier molecular flexibility index (Phi) is 9.69. The van der Waals surface area contributed by atoms with E-state index in [1.165, 1.54) is 70.5 Å². The van der Waals surface area contributed by atoms with Crippen LogP contribution in [0.2, 0.25) is 0 Å². The van der Waals surface area contributed by atoms with Crippen LogP contribution >= 0.6 is 11.6 Å². The van der Waals surface area contributed by atoms with Crippen molar-refractivity contribution in [3.63, 3.8) is 0 Å². The molecule has 0 unspecified atom stereocenters. The molecule has 0 saturated heterocycles. The molecule has 0 spiro atoms. The number of nitrogens with two attached hydrogens (primary N) is 2. The number of hydrogen-bond donors (Lipinski definition) is 2. The molecule has 4 N–H and O–H groups in total. The Morgan fingerprint density at radius 2 is 1.06 bits per heavy atom. The van der Waals surface area contributed by atoms with Crippen molar-refractivity contribution in [2.75, 3.05) is 36.1 Å². The number of anilines is 2. The molecule has 0 aliphatic carbocycles. The molecule has 3 amide bonds. The number of carbonyl (C=O) groups excluding carboxylic acids is 2. The molecule has 2 aliphatic heterocycles. The first-order chi connectivity index (χ1) is 22.4. The van der Waals surface area contributed by atoms with Crippen molar-refractivity contribution >= 4 is 60.0 Å². The maximum absolute atomic E-state index is 12.7. The Hall–Kier alpha value is -5.12. The molecule has 0 atom stereocenters. The van der Waals surface area contributed by atoms with Gasteiger partial charge in [-0.1, -0.05) is 36.4 Å². The summed E-state index contributed by atoms with van der Waals surface area (Å²) in [6, 6.07) is 24.3. The van der Waals surface area contributed by atoms with Crippen molar-refractivity contribution in [3.8, 4) is 11.5 Å². The van der Waals surface area contributed by atoms with E-state index in [0.29, 0.717) is 23.7 Å². The highest BCUT2D eigenvalue weighted by molar-refractivity contribution is 7.91. The van der Waals surface area contributed by atoms with E-state index in [1.54, 1.807) is 36.4 Å². The number of guanidine groups is 1. The normalized spacial score (nSPS) is 13.8. The fourth-order valence-corrected chi connectivity index (χ4v) is 7.53. The summed E-state index contributed by atoms with van der Waals surface area (Å²) in [5, 5.41) is -0.622. The summed E-state index contributed by atoms with van der Waals surface area (Å²) in [6.07, 6.45) is 0. The Labute approximate surface area is 275 Å². The predicted octanol–water partition coefficient (Wildman–Crippen LogP) is 4.19. The summed E-state index contributed by atoms with van der Waals surface area (Å²) in [5.41, 5.74) is 11.4. The molecular formula is C31H28ClN5O8S2. The standard InChI is InChI=1S/C16H16N4O4S.C15H12ClNO4S/c17-15(18)19-16(21)20-8-9-24-14-10-12(6-7-13(14)20)25(22,23)11-4-2-1-3-5-11;16-15(18)17-8-9-21-14-10-12(6-7-13(14)17)22(19,20)11-4-2-1-3-5-11/h1-7,10H,8-9H2,(H4,17,18,19,21);1-7,10H,8-9H2. The predicted molar refractivity (Wildman–Crippen MR) is 175 cm³/mol. The minimum atomic E-state index is -3.68. The van der Waals surface area contributed by atoms with E-state index < -0.39 is 31.1 Å². The summed E-state index contributed by atoms with van der Waals surface area (Å²) < 4.78 is 61.5. The summed E-state index contributed by atoms with van der Waals surface area (Å²) in [7, 11) is -7.31. The number of hydrogen-bond acceptors (Lipinski definition) is 8. The molecule has 4 aromatic rings.